The summed E-state index contributed by atoms with van der Waals surface area (Å²) in [6, 6.07) is 19.9. The van der Waals surface area contributed by atoms with Crippen LogP contribution in [0.25, 0.3) is 0 Å². The smallest absolute Gasteiger partial charge is 0.251 e. The fourth-order valence-corrected chi connectivity index (χ4v) is 2.99. The van der Waals surface area contributed by atoms with Crippen molar-refractivity contribution in [3.8, 4) is 11.5 Å². The molecule has 6 heteroatoms. The lowest BCUT2D eigenvalue weighted by molar-refractivity contribution is -0.117. The van der Waals surface area contributed by atoms with Crippen LogP contribution in [0.15, 0.2) is 72.8 Å². The lowest BCUT2D eigenvalue weighted by Gasteiger charge is -2.22. The van der Waals surface area contributed by atoms with Crippen LogP contribution in [-0.2, 0) is 4.79 Å². The van der Waals surface area contributed by atoms with Crippen LogP contribution in [0.4, 0.5) is 15.8 Å². The molecule has 0 aromatic heterocycles. The van der Waals surface area contributed by atoms with Crippen LogP contribution < -0.4 is 20.1 Å². The fraction of sp³-hybridized carbons (Fsp3) is 0.136. The molecule has 0 saturated heterocycles. The molecule has 3 aromatic carbocycles. The van der Waals surface area contributed by atoms with Gasteiger partial charge in [-0.3, -0.25) is 4.79 Å². The number of halogens is 1. The lowest BCUT2D eigenvalue weighted by Crippen LogP contribution is -2.27. The van der Waals surface area contributed by atoms with Gasteiger partial charge in [0.15, 0.2) is 11.5 Å². The van der Waals surface area contributed by atoms with Crippen molar-refractivity contribution < 1.29 is 18.7 Å². The quantitative estimate of drug-likeness (QED) is 0.691. The van der Waals surface area contributed by atoms with Crippen LogP contribution in [-0.4, -0.2) is 19.1 Å². The summed E-state index contributed by atoms with van der Waals surface area (Å²) >= 11 is 0. The molecule has 142 valence electrons. The number of amides is 1. The minimum absolute atomic E-state index is 0.257. The Hall–Kier alpha value is -3.54. The second-order valence-electron chi connectivity index (χ2n) is 6.34. The van der Waals surface area contributed by atoms with Gasteiger partial charge < -0.3 is 20.1 Å². The molecule has 1 heterocycles. The van der Waals surface area contributed by atoms with E-state index >= 15 is 0 Å². The molecule has 2 N–H and O–H groups in total. The minimum atomic E-state index is -0.645. The molecular weight excluding hydrogens is 359 g/mol. The number of fused-ring (bicyclic) bond motifs is 1. The van der Waals surface area contributed by atoms with Crippen LogP contribution >= 0.6 is 0 Å². The number of carbonyl (C=O) groups excluding carboxylic acids is 1. The maximum Gasteiger partial charge on any atom is 0.251 e. The largest absolute Gasteiger partial charge is 0.486 e. The monoisotopic (exact) mass is 378 g/mol. The predicted octanol–water partition coefficient (Wildman–Crippen LogP) is 4.39. The Morgan fingerprint density at radius 1 is 0.857 bits per heavy atom. The molecule has 0 fully saturated rings. The van der Waals surface area contributed by atoms with Gasteiger partial charge in [-0.1, -0.05) is 30.3 Å². The van der Waals surface area contributed by atoms with Gasteiger partial charge in [-0.15, -0.1) is 0 Å². The van der Waals surface area contributed by atoms with Crippen LogP contribution in [0.5, 0.6) is 11.5 Å². The second kappa shape index (κ2) is 8.00. The maximum atomic E-state index is 13.1. The summed E-state index contributed by atoms with van der Waals surface area (Å²) in [5, 5.41) is 6.08. The van der Waals surface area contributed by atoms with E-state index in [4.69, 9.17) is 9.47 Å². The van der Waals surface area contributed by atoms with Gasteiger partial charge in [0.05, 0.1) is 0 Å². The van der Waals surface area contributed by atoms with Crippen molar-refractivity contribution in [1.82, 2.24) is 0 Å². The van der Waals surface area contributed by atoms with Crippen molar-refractivity contribution in [2.75, 3.05) is 23.8 Å². The Kier molecular flexibility index (Phi) is 5.10. The Bertz CT molecular complexity index is 961. The molecule has 1 amide bonds. The van der Waals surface area contributed by atoms with E-state index in [9.17, 15) is 9.18 Å². The summed E-state index contributed by atoms with van der Waals surface area (Å²) in [5.41, 5.74) is 2.06. The number of hydrogen-bond donors (Lipinski definition) is 2. The van der Waals surface area contributed by atoms with Crippen LogP contribution in [0.3, 0.4) is 0 Å². The van der Waals surface area contributed by atoms with E-state index in [-0.39, 0.29) is 11.7 Å². The van der Waals surface area contributed by atoms with Crippen molar-refractivity contribution in [3.63, 3.8) is 0 Å². The average molecular weight is 378 g/mol. The molecule has 1 aliphatic heterocycles. The van der Waals surface area contributed by atoms with Gasteiger partial charge in [-0.25, -0.2) is 4.39 Å². The first-order chi connectivity index (χ1) is 13.7. The molecule has 3 aromatic rings. The average Bonchev–Trinajstić information content (AvgIpc) is 2.74. The molecule has 0 bridgehead atoms. The number of carbonyl (C=O) groups is 1. The summed E-state index contributed by atoms with van der Waals surface area (Å²) in [5.74, 6) is 0.713. The van der Waals surface area contributed by atoms with Gasteiger partial charge in [0.25, 0.3) is 5.91 Å². The van der Waals surface area contributed by atoms with Crippen molar-refractivity contribution in [2.24, 2.45) is 0 Å². The Balaban J connectivity index is 1.58. The topological polar surface area (TPSA) is 59.6 Å². The molecule has 1 atom stereocenters. The van der Waals surface area contributed by atoms with E-state index in [1.54, 1.807) is 0 Å². The predicted molar refractivity (Wildman–Crippen MR) is 105 cm³/mol. The van der Waals surface area contributed by atoms with E-state index in [2.05, 4.69) is 10.6 Å². The second-order valence-corrected chi connectivity index (χ2v) is 6.34. The van der Waals surface area contributed by atoms with Gasteiger partial charge in [-0.2, -0.15) is 0 Å². The third kappa shape index (κ3) is 4.06. The maximum absolute atomic E-state index is 13.1. The number of ether oxygens (including phenoxy) is 2. The summed E-state index contributed by atoms with van der Waals surface area (Å²) in [7, 11) is 0. The third-order valence-electron chi connectivity index (χ3n) is 4.36. The molecule has 28 heavy (non-hydrogen) atoms. The van der Waals surface area contributed by atoms with Gasteiger partial charge in [0, 0.05) is 17.4 Å². The highest BCUT2D eigenvalue weighted by Gasteiger charge is 2.22. The van der Waals surface area contributed by atoms with E-state index in [0.29, 0.717) is 30.4 Å². The molecule has 1 aliphatic rings. The molecule has 4 rings (SSSR count). The number of hydrogen-bond acceptors (Lipinski definition) is 4. The van der Waals surface area contributed by atoms with E-state index in [1.165, 1.54) is 24.3 Å². The van der Waals surface area contributed by atoms with Crippen molar-refractivity contribution in [2.45, 2.75) is 6.04 Å². The summed E-state index contributed by atoms with van der Waals surface area (Å²) in [4.78, 5) is 13.0. The molecule has 5 nitrogen and oxygen atoms in total. The van der Waals surface area contributed by atoms with Crippen molar-refractivity contribution in [1.29, 1.82) is 0 Å². The summed E-state index contributed by atoms with van der Waals surface area (Å²) in [6.45, 7) is 1.01. The normalized spacial score (nSPS) is 13.5. The fourth-order valence-electron chi connectivity index (χ4n) is 2.99. The number of anilines is 2. The standard InChI is InChI=1S/C22H19FN2O3/c23-16-6-8-17(9-7-16)25-22(26)21(15-4-2-1-3-5-15)24-18-10-11-19-20(14-18)28-13-12-27-19/h1-11,14,21,24H,12-13H2,(H,25,26)/t21-/m0/s1. The Labute approximate surface area is 162 Å². The van der Waals surface area contributed by atoms with Crippen LogP contribution in [0.2, 0.25) is 0 Å². The van der Waals surface area contributed by atoms with Gasteiger partial charge in [-0.05, 0) is 42.0 Å². The minimum Gasteiger partial charge on any atom is -0.486 e. The molecule has 0 spiro atoms. The molecule has 0 aliphatic carbocycles. The molecule has 0 unspecified atom stereocenters. The van der Waals surface area contributed by atoms with Gasteiger partial charge in [0.1, 0.15) is 25.1 Å². The Morgan fingerprint density at radius 3 is 2.29 bits per heavy atom. The number of rotatable bonds is 5. The van der Waals surface area contributed by atoms with Crippen molar-refractivity contribution in [3.05, 3.63) is 84.2 Å². The highest BCUT2D eigenvalue weighted by atomic mass is 19.1. The van der Waals surface area contributed by atoms with Crippen LogP contribution in [0.1, 0.15) is 11.6 Å². The number of benzene rings is 3. The zero-order valence-electron chi connectivity index (χ0n) is 15.0. The molecular formula is C22H19FN2O3. The SMILES string of the molecule is O=C(Nc1ccc(F)cc1)[C@@H](Nc1ccc2c(c1)OCCO2)c1ccccc1. The highest BCUT2D eigenvalue weighted by molar-refractivity contribution is 5.97. The molecule has 0 saturated carbocycles. The highest BCUT2D eigenvalue weighted by Crippen LogP contribution is 2.34. The number of nitrogens with one attached hydrogen (secondary N) is 2. The molecule has 0 radical (unpaired) electrons. The first-order valence-electron chi connectivity index (χ1n) is 8.96. The van der Waals surface area contributed by atoms with E-state index in [0.717, 1.165) is 11.3 Å². The first kappa shape index (κ1) is 17.9. The Morgan fingerprint density at radius 2 is 1.54 bits per heavy atom. The zero-order valence-corrected chi connectivity index (χ0v) is 15.0. The van der Waals surface area contributed by atoms with Gasteiger partial charge in [0.2, 0.25) is 0 Å². The van der Waals surface area contributed by atoms with E-state index < -0.39 is 6.04 Å². The van der Waals surface area contributed by atoms with Crippen LogP contribution in [0, 0.1) is 5.82 Å². The summed E-state index contributed by atoms with van der Waals surface area (Å²) in [6.07, 6.45) is 0. The summed E-state index contributed by atoms with van der Waals surface area (Å²) < 4.78 is 24.3. The lowest BCUT2D eigenvalue weighted by atomic mass is 10.1. The zero-order chi connectivity index (χ0) is 19.3. The van der Waals surface area contributed by atoms with Gasteiger partial charge >= 0.3 is 0 Å². The van der Waals surface area contributed by atoms with E-state index in [1.807, 2.05) is 48.5 Å². The first-order valence-corrected chi connectivity index (χ1v) is 8.96. The third-order valence-corrected chi connectivity index (χ3v) is 4.36. The van der Waals surface area contributed by atoms with Crippen molar-refractivity contribution >= 4 is 17.3 Å².